The van der Waals surface area contributed by atoms with Gasteiger partial charge in [-0.05, 0) is 51.2 Å². The van der Waals surface area contributed by atoms with Gasteiger partial charge in [0.2, 0.25) is 5.91 Å². The highest BCUT2D eigenvalue weighted by Gasteiger charge is 2.27. The molecule has 3 rings (SSSR count). The third kappa shape index (κ3) is 4.51. The van der Waals surface area contributed by atoms with Crippen LogP contribution < -0.4 is 5.32 Å². The minimum atomic E-state index is -0.272. The van der Waals surface area contributed by atoms with Crippen LogP contribution in [0.5, 0.6) is 0 Å². The fraction of sp³-hybridized carbons (Fsp3) is 0.409. The van der Waals surface area contributed by atoms with Gasteiger partial charge in [0, 0.05) is 6.54 Å². The quantitative estimate of drug-likeness (QED) is 0.832. The Kier molecular flexibility index (Phi) is 6.42. The van der Waals surface area contributed by atoms with E-state index < -0.39 is 0 Å². The topological polar surface area (TPSA) is 35.6 Å². The van der Waals surface area contributed by atoms with Crippen LogP contribution >= 0.6 is 0 Å². The average Bonchev–Trinajstić information content (AvgIpc) is 3.18. The SMILES string of the molecule is CN(C)C(C(=O)NCC(c1ccccc1)N1CCCC1)c1ccccc1. The van der Waals surface area contributed by atoms with Gasteiger partial charge in [-0.1, -0.05) is 60.7 Å². The Morgan fingerprint density at radius 2 is 1.50 bits per heavy atom. The highest BCUT2D eigenvalue weighted by atomic mass is 16.2. The first-order chi connectivity index (χ1) is 12.7. The van der Waals surface area contributed by atoms with E-state index in [1.807, 2.05) is 55.4 Å². The van der Waals surface area contributed by atoms with Crippen molar-refractivity contribution in [2.75, 3.05) is 33.7 Å². The van der Waals surface area contributed by atoms with E-state index in [1.165, 1.54) is 18.4 Å². The number of likely N-dealkylation sites (tertiary alicyclic amines) is 1. The van der Waals surface area contributed by atoms with Gasteiger partial charge in [-0.15, -0.1) is 0 Å². The summed E-state index contributed by atoms with van der Waals surface area (Å²) < 4.78 is 0. The number of hydrogen-bond acceptors (Lipinski definition) is 3. The molecule has 0 spiro atoms. The Labute approximate surface area is 156 Å². The van der Waals surface area contributed by atoms with E-state index in [-0.39, 0.29) is 18.0 Å². The van der Waals surface area contributed by atoms with Crippen LogP contribution in [-0.4, -0.2) is 49.4 Å². The lowest BCUT2D eigenvalue weighted by Gasteiger charge is -2.30. The molecule has 138 valence electrons. The first-order valence-corrected chi connectivity index (χ1v) is 9.45. The second-order valence-electron chi connectivity index (χ2n) is 7.19. The zero-order valence-electron chi connectivity index (χ0n) is 15.8. The summed E-state index contributed by atoms with van der Waals surface area (Å²) in [6.45, 7) is 2.84. The van der Waals surface area contributed by atoms with Gasteiger partial charge in [0.15, 0.2) is 0 Å². The molecule has 4 heteroatoms. The first-order valence-electron chi connectivity index (χ1n) is 9.45. The van der Waals surface area contributed by atoms with Crippen molar-refractivity contribution in [3.63, 3.8) is 0 Å². The number of amides is 1. The monoisotopic (exact) mass is 351 g/mol. The summed E-state index contributed by atoms with van der Waals surface area (Å²) in [7, 11) is 3.90. The van der Waals surface area contributed by atoms with E-state index in [0.29, 0.717) is 6.54 Å². The van der Waals surface area contributed by atoms with Crippen LogP contribution in [0.4, 0.5) is 0 Å². The van der Waals surface area contributed by atoms with Crippen LogP contribution in [0, 0.1) is 0 Å². The van der Waals surface area contributed by atoms with Crippen molar-refractivity contribution in [1.29, 1.82) is 0 Å². The minimum Gasteiger partial charge on any atom is -0.353 e. The molecule has 0 radical (unpaired) electrons. The lowest BCUT2D eigenvalue weighted by Crippen LogP contribution is -2.41. The lowest BCUT2D eigenvalue weighted by molar-refractivity contribution is -0.126. The van der Waals surface area contributed by atoms with Gasteiger partial charge in [0.25, 0.3) is 0 Å². The molecule has 1 fully saturated rings. The van der Waals surface area contributed by atoms with E-state index in [9.17, 15) is 4.79 Å². The zero-order valence-corrected chi connectivity index (χ0v) is 15.8. The molecular weight excluding hydrogens is 322 g/mol. The Morgan fingerprint density at radius 1 is 0.962 bits per heavy atom. The summed E-state index contributed by atoms with van der Waals surface area (Å²) in [5.74, 6) is 0.0568. The highest BCUT2D eigenvalue weighted by Crippen LogP contribution is 2.25. The van der Waals surface area contributed by atoms with E-state index in [4.69, 9.17) is 0 Å². The summed E-state index contributed by atoms with van der Waals surface area (Å²) >= 11 is 0. The van der Waals surface area contributed by atoms with Crippen LogP contribution in [0.15, 0.2) is 60.7 Å². The number of nitrogens with zero attached hydrogens (tertiary/aromatic N) is 2. The summed E-state index contributed by atoms with van der Waals surface area (Å²) in [6.07, 6.45) is 2.48. The molecule has 26 heavy (non-hydrogen) atoms. The van der Waals surface area contributed by atoms with Crippen molar-refractivity contribution >= 4 is 5.91 Å². The predicted octanol–water partition coefficient (Wildman–Crippen LogP) is 3.24. The minimum absolute atomic E-state index is 0.0568. The van der Waals surface area contributed by atoms with E-state index in [2.05, 4.69) is 34.5 Å². The largest absolute Gasteiger partial charge is 0.353 e. The van der Waals surface area contributed by atoms with Crippen LogP contribution in [0.1, 0.15) is 36.1 Å². The second kappa shape index (κ2) is 8.97. The smallest absolute Gasteiger partial charge is 0.242 e. The second-order valence-corrected chi connectivity index (χ2v) is 7.19. The molecule has 0 bridgehead atoms. The van der Waals surface area contributed by atoms with Gasteiger partial charge >= 0.3 is 0 Å². The van der Waals surface area contributed by atoms with Crippen LogP contribution in [0.25, 0.3) is 0 Å². The molecule has 0 saturated carbocycles. The van der Waals surface area contributed by atoms with Gasteiger partial charge < -0.3 is 5.32 Å². The standard InChI is InChI=1S/C22H29N3O/c1-24(2)21(19-13-7-4-8-14-19)22(26)23-17-20(25-15-9-10-16-25)18-11-5-3-6-12-18/h3-8,11-14,20-21H,9-10,15-17H2,1-2H3,(H,23,26). The molecule has 0 aromatic heterocycles. The predicted molar refractivity (Wildman–Crippen MR) is 106 cm³/mol. The maximum Gasteiger partial charge on any atom is 0.242 e. The van der Waals surface area contributed by atoms with Crippen LogP contribution in [0.2, 0.25) is 0 Å². The molecule has 1 saturated heterocycles. The van der Waals surface area contributed by atoms with Crippen molar-refractivity contribution in [2.24, 2.45) is 0 Å². The Bertz CT molecular complexity index is 681. The maximum atomic E-state index is 13.0. The average molecular weight is 351 g/mol. The van der Waals surface area contributed by atoms with Gasteiger partial charge in [0.05, 0.1) is 6.04 Å². The molecular formula is C22H29N3O. The van der Waals surface area contributed by atoms with E-state index >= 15 is 0 Å². The van der Waals surface area contributed by atoms with E-state index in [1.54, 1.807) is 0 Å². The molecule has 1 N–H and O–H groups in total. The molecule has 2 aromatic rings. The number of carbonyl (C=O) groups excluding carboxylic acids is 1. The van der Waals surface area contributed by atoms with Gasteiger partial charge in [-0.3, -0.25) is 14.6 Å². The van der Waals surface area contributed by atoms with Crippen molar-refractivity contribution in [1.82, 2.24) is 15.1 Å². The van der Waals surface area contributed by atoms with Crippen molar-refractivity contribution < 1.29 is 4.79 Å². The molecule has 1 heterocycles. The van der Waals surface area contributed by atoms with Gasteiger partial charge in [0.1, 0.15) is 6.04 Å². The number of rotatable bonds is 7. The Morgan fingerprint density at radius 3 is 2.04 bits per heavy atom. The number of hydrogen-bond donors (Lipinski definition) is 1. The van der Waals surface area contributed by atoms with Crippen LogP contribution in [0.3, 0.4) is 0 Å². The normalized spacial score (nSPS) is 17.2. The lowest BCUT2D eigenvalue weighted by atomic mass is 10.0. The Balaban J connectivity index is 1.72. The molecule has 0 aliphatic carbocycles. The van der Waals surface area contributed by atoms with Crippen molar-refractivity contribution in [2.45, 2.75) is 24.9 Å². The molecule has 1 aliphatic rings. The third-order valence-electron chi connectivity index (χ3n) is 5.12. The first kappa shape index (κ1) is 18.6. The van der Waals surface area contributed by atoms with E-state index in [0.717, 1.165) is 18.7 Å². The summed E-state index contributed by atoms with van der Waals surface area (Å²) in [6, 6.07) is 20.5. The third-order valence-corrected chi connectivity index (χ3v) is 5.12. The number of carbonyl (C=O) groups is 1. The Hall–Kier alpha value is -2.17. The number of benzene rings is 2. The van der Waals surface area contributed by atoms with Crippen LogP contribution in [-0.2, 0) is 4.79 Å². The maximum absolute atomic E-state index is 13.0. The summed E-state index contributed by atoms with van der Waals surface area (Å²) in [5, 5.41) is 3.22. The number of likely N-dealkylation sites (N-methyl/N-ethyl adjacent to an activating group) is 1. The van der Waals surface area contributed by atoms with Gasteiger partial charge in [-0.25, -0.2) is 0 Å². The molecule has 1 aliphatic heterocycles. The highest BCUT2D eigenvalue weighted by molar-refractivity contribution is 5.83. The fourth-order valence-corrected chi connectivity index (χ4v) is 3.80. The molecule has 2 atom stereocenters. The molecule has 1 amide bonds. The van der Waals surface area contributed by atoms with Gasteiger partial charge in [-0.2, -0.15) is 0 Å². The fourth-order valence-electron chi connectivity index (χ4n) is 3.80. The summed E-state index contributed by atoms with van der Waals surface area (Å²) in [4.78, 5) is 17.4. The molecule has 2 unspecified atom stereocenters. The molecule has 2 aromatic carbocycles. The van der Waals surface area contributed by atoms with Crippen molar-refractivity contribution in [3.05, 3.63) is 71.8 Å². The zero-order chi connectivity index (χ0) is 18.4. The molecule has 4 nitrogen and oxygen atoms in total. The van der Waals surface area contributed by atoms with Crippen molar-refractivity contribution in [3.8, 4) is 0 Å². The summed E-state index contributed by atoms with van der Waals surface area (Å²) in [5.41, 5.74) is 2.29. The number of nitrogens with one attached hydrogen (secondary N) is 1.